The van der Waals surface area contributed by atoms with Gasteiger partial charge in [0.1, 0.15) is 10.8 Å². The Morgan fingerprint density at radius 1 is 1.06 bits per heavy atom. The van der Waals surface area contributed by atoms with Gasteiger partial charge < -0.3 is 29.1 Å². The van der Waals surface area contributed by atoms with Crippen LogP contribution in [0.25, 0.3) is 5.76 Å². The van der Waals surface area contributed by atoms with Crippen LogP contribution in [-0.4, -0.2) is 70.3 Å². The van der Waals surface area contributed by atoms with Crippen molar-refractivity contribution in [1.29, 1.82) is 0 Å². The van der Waals surface area contributed by atoms with E-state index < -0.39 is 23.5 Å². The Balaban J connectivity index is 2.24. The largest absolute Gasteiger partial charge is 0.507 e. The SMILES string of the molecule is COCCCN1C(=O)C(=O)/C(=C(/O)c2cc(Cl)c(OC)c(Cl)c2OC)C1c1ccc(N(C)C)cc1. The second-order valence-corrected chi connectivity index (χ2v) is 8.90. The first kappa shape index (κ1) is 26.7. The zero-order valence-corrected chi connectivity index (χ0v) is 21.7. The molecular weight excluding hydrogens is 495 g/mol. The van der Waals surface area contributed by atoms with Crippen LogP contribution in [0.3, 0.4) is 0 Å². The average Bonchev–Trinajstić information content (AvgIpc) is 3.08. The molecule has 0 aromatic heterocycles. The molecule has 2 aromatic carbocycles. The van der Waals surface area contributed by atoms with Crippen LogP contribution in [0.5, 0.6) is 11.5 Å². The van der Waals surface area contributed by atoms with E-state index in [9.17, 15) is 14.7 Å². The topological polar surface area (TPSA) is 88.5 Å². The monoisotopic (exact) mass is 522 g/mol. The second-order valence-electron chi connectivity index (χ2n) is 8.11. The molecule has 1 atom stereocenters. The molecule has 0 spiro atoms. The number of aliphatic hydroxyl groups is 1. The van der Waals surface area contributed by atoms with Crippen molar-refractivity contribution in [2.75, 3.05) is 53.5 Å². The number of anilines is 1. The zero-order valence-electron chi connectivity index (χ0n) is 20.2. The zero-order chi connectivity index (χ0) is 25.9. The number of likely N-dealkylation sites (tertiary alicyclic amines) is 1. The molecule has 1 saturated heterocycles. The van der Waals surface area contributed by atoms with Crippen LogP contribution >= 0.6 is 23.2 Å². The third-order valence-electron chi connectivity index (χ3n) is 5.81. The molecule has 2 aromatic rings. The predicted octanol–water partition coefficient (Wildman–Crippen LogP) is 4.53. The number of ether oxygens (including phenoxy) is 3. The van der Waals surface area contributed by atoms with E-state index in [-0.39, 0.29) is 39.2 Å². The minimum atomic E-state index is -0.826. The molecule has 1 aliphatic heterocycles. The van der Waals surface area contributed by atoms with Crippen LogP contribution in [0.4, 0.5) is 5.69 Å². The number of carbonyl (C=O) groups excluding carboxylic acids is 2. The summed E-state index contributed by atoms with van der Waals surface area (Å²) in [5.41, 5.74) is 1.60. The lowest BCUT2D eigenvalue weighted by Crippen LogP contribution is -2.31. The summed E-state index contributed by atoms with van der Waals surface area (Å²) in [7, 11) is 8.15. The van der Waals surface area contributed by atoms with Crippen LogP contribution in [0.1, 0.15) is 23.6 Å². The number of methoxy groups -OCH3 is 3. The van der Waals surface area contributed by atoms with Crippen molar-refractivity contribution in [3.8, 4) is 11.5 Å². The van der Waals surface area contributed by atoms with Gasteiger partial charge in [-0.25, -0.2) is 0 Å². The number of nitrogens with zero attached hydrogens (tertiary/aromatic N) is 2. The minimum absolute atomic E-state index is 0.0326. The Kier molecular flexibility index (Phi) is 8.53. The van der Waals surface area contributed by atoms with E-state index in [1.807, 2.05) is 43.3 Å². The Morgan fingerprint density at radius 3 is 2.23 bits per heavy atom. The van der Waals surface area contributed by atoms with E-state index in [0.717, 1.165) is 5.69 Å². The van der Waals surface area contributed by atoms with Gasteiger partial charge in [-0.2, -0.15) is 0 Å². The van der Waals surface area contributed by atoms with Gasteiger partial charge in [-0.15, -0.1) is 0 Å². The molecule has 0 radical (unpaired) electrons. The molecule has 0 aliphatic carbocycles. The number of hydrogen-bond acceptors (Lipinski definition) is 7. The van der Waals surface area contributed by atoms with Gasteiger partial charge in [-0.3, -0.25) is 9.59 Å². The lowest BCUT2D eigenvalue weighted by Gasteiger charge is -2.26. The second kappa shape index (κ2) is 11.2. The Hall–Kier alpha value is -2.94. The summed E-state index contributed by atoms with van der Waals surface area (Å²) in [4.78, 5) is 29.7. The number of halogens is 2. The first-order valence-electron chi connectivity index (χ1n) is 10.8. The van der Waals surface area contributed by atoms with Crippen molar-refractivity contribution >= 4 is 46.3 Å². The van der Waals surface area contributed by atoms with Crippen molar-refractivity contribution < 1.29 is 28.9 Å². The fraction of sp³-hybridized carbons (Fsp3) is 0.360. The number of rotatable bonds is 9. The van der Waals surface area contributed by atoms with Gasteiger partial charge >= 0.3 is 0 Å². The molecule has 1 N–H and O–H groups in total. The van der Waals surface area contributed by atoms with Crippen molar-refractivity contribution in [1.82, 2.24) is 4.90 Å². The molecular formula is C25H28Cl2N2O6. The highest BCUT2D eigenvalue weighted by molar-refractivity contribution is 6.47. The summed E-state index contributed by atoms with van der Waals surface area (Å²) < 4.78 is 15.8. The van der Waals surface area contributed by atoms with Crippen LogP contribution in [0.2, 0.25) is 10.0 Å². The Bertz CT molecular complexity index is 1150. The number of Topliss-reactive ketones (excluding diaryl/α,β-unsaturated/α-hetero) is 1. The summed E-state index contributed by atoms with van der Waals surface area (Å²) in [6.45, 7) is 0.670. The summed E-state index contributed by atoms with van der Waals surface area (Å²) in [5.74, 6) is -1.74. The van der Waals surface area contributed by atoms with Gasteiger partial charge in [-0.1, -0.05) is 35.3 Å². The van der Waals surface area contributed by atoms with Crippen molar-refractivity contribution in [2.24, 2.45) is 0 Å². The fourth-order valence-electron chi connectivity index (χ4n) is 4.08. The molecule has 0 saturated carbocycles. The third-order valence-corrected chi connectivity index (χ3v) is 6.43. The maximum absolute atomic E-state index is 13.2. The van der Waals surface area contributed by atoms with Crippen molar-refractivity contribution in [2.45, 2.75) is 12.5 Å². The first-order chi connectivity index (χ1) is 16.7. The fourth-order valence-corrected chi connectivity index (χ4v) is 4.77. The lowest BCUT2D eigenvalue weighted by molar-refractivity contribution is -0.140. The molecule has 1 unspecified atom stereocenters. The van der Waals surface area contributed by atoms with E-state index in [1.54, 1.807) is 7.11 Å². The van der Waals surface area contributed by atoms with E-state index >= 15 is 0 Å². The van der Waals surface area contributed by atoms with E-state index in [1.165, 1.54) is 25.2 Å². The number of aliphatic hydroxyl groups excluding tert-OH is 1. The van der Waals surface area contributed by atoms with Gasteiger partial charge in [0.15, 0.2) is 11.5 Å². The number of hydrogen-bond donors (Lipinski definition) is 1. The standard InChI is InChI=1S/C25H28Cl2N2O6/c1-28(2)15-9-7-14(8-10-15)20-18(22(31)25(32)29(20)11-6-12-33-3)21(30)16-13-17(26)24(35-5)19(27)23(16)34-4/h7-10,13,20,30H,6,11-12H2,1-5H3/b21-18+. The Morgan fingerprint density at radius 2 is 1.69 bits per heavy atom. The lowest BCUT2D eigenvalue weighted by atomic mass is 9.94. The van der Waals surface area contributed by atoms with Gasteiger partial charge in [0.2, 0.25) is 0 Å². The van der Waals surface area contributed by atoms with E-state index in [2.05, 4.69) is 0 Å². The first-order valence-corrected chi connectivity index (χ1v) is 11.6. The smallest absolute Gasteiger partial charge is 0.295 e. The molecule has 1 aliphatic rings. The molecule has 1 heterocycles. The number of benzene rings is 2. The van der Waals surface area contributed by atoms with Gasteiger partial charge in [0, 0.05) is 40.0 Å². The molecule has 0 bridgehead atoms. The highest BCUT2D eigenvalue weighted by atomic mass is 35.5. The highest BCUT2D eigenvalue weighted by Gasteiger charge is 2.46. The molecule has 35 heavy (non-hydrogen) atoms. The average molecular weight is 523 g/mol. The summed E-state index contributed by atoms with van der Waals surface area (Å²) >= 11 is 12.7. The number of ketones is 1. The summed E-state index contributed by atoms with van der Waals surface area (Å²) in [5, 5.41) is 11.6. The van der Waals surface area contributed by atoms with Gasteiger partial charge in [-0.05, 0) is 30.2 Å². The molecule has 188 valence electrons. The maximum Gasteiger partial charge on any atom is 0.295 e. The quantitative estimate of drug-likeness (QED) is 0.224. The summed E-state index contributed by atoms with van der Waals surface area (Å²) in [6.07, 6.45) is 0.513. The molecule has 8 nitrogen and oxygen atoms in total. The number of carbonyl (C=O) groups is 2. The van der Waals surface area contributed by atoms with Crippen LogP contribution in [-0.2, 0) is 14.3 Å². The number of amides is 1. The van der Waals surface area contributed by atoms with Crippen molar-refractivity contribution in [3.05, 3.63) is 57.1 Å². The van der Waals surface area contributed by atoms with Crippen LogP contribution < -0.4 is 14.4 Å². The van der Waals surface area contributed by atoms with E-state index in [0.29, 0.717) is 18.6 Å². The molecule has 1 amide bonds. The normalized spacial score (nSPS) is 17.1. The van der Waals surface area contributed by atoms with E-state index in [4.69, 9.17) is 37.4 Å². The van der Waals surface area contributed by atoms with Gasteiger partial charge in [0.25, 0.3) is 11.7 Å². The van der Waals surface area contributed by atoms with Crippen LogP contribution in [0, 0.1) is 0 Å². The van der Waals surface area contributed by atoms with Crippen LogP contribution in [0.15, 0.2) is 35.9 Å². The highest BCUT2D eigenvalue weighted by Crippen LogP contribution is 2.47. The molecule has 1 fully saturated rings. The predicted molar refractivity (Wildman–Crippen MR) is 136 cm³/mol. The summed E-state index contributed by atoms with van der Waals surface area (Å²) in [6, 6.07) is 7.98. The molecule has 3 rings (SSSR count). The molecule has 10 heteroatoms. The van der Waals surface area contributed by atoms with Gasteiger partial charge in [0.05, 0.1) is 36.4 Å². The maximum atomic E-state index is 13.2. The van der Waals surface area contributed by atoms with Crippen molar-refractivity contribution in [3.63, 3.8) is 0 Å². The third kappa shape index (κ3) is 5.05. The Labute approximate surface area is 214 Å². The minimum Gasteiger partial charge on any atom is -0.507 e.